The Hall–Kier alpha value is -0.940. The highest BCUT2D eigenvalue weighted by atomic mass is 35.5. The van der Waals surface area contributed by atoms with Crippen LogP contribution in [0, 0.1) is 17.5 Å². The normalized spacial score (nSPS) is 10.4. The smallest absolute Gasteiger partial charge is 0.344 e. The summed E-state index contributed by atoms with van der Waals surface area (Å²) in [6, 6.07) is 0. The molecule has 1 aromatic rings. The molecule has 0 fully saturated rings. The molecule has 1 rings (SSSR count). The maximum atomic E-state index is 13.3. The quantitative estimate of drug-likeness (QED) is 0.467. The molecule has 0 amide bonds. The van der Waals surface area contributed by atoms with Crippen molar-refractivity contribution in [2.24, 2.45) is 0 Å². The fourth-order valence-corrected chi connectivity index (χ4v) is 1.41. The van der Waals surface area contributed by atoms with Crippen LogP contribution >= 0.6 is 23.2 Å². The van der Waals surface area contributed by atoms with Gasteiger partial charge in [-0.3, -0.25) is 0 Å². The van der Waals surface area contributed by atoms with Crippen LogP contribution in [0.25, 0.3) is 0 Å². The van der Waals surface area contributed by atoms with Gasteiger partial charge in [0.05, 0.1) is 6.61 Å². The molecule has 0 spiro atoms. The van der Waals surface area contributed by atoms with Crippen molar-refractivity contribution in [2.75, 3.05) is 6.61 Å². The van der Waals surface area contributed by atoms with Crippen LogP contribution in [0.5, 0.6) is 0 Å². The molecule has 0 saturated heterocycles. The van der Waals surface area contributed by atoms with Crippen LogP contribution in [0.1, 0.15) is 17.3 Å². The fraction of sp³-hybridized carbons (Fsp3) is 0.222. The van der Waals surface area contributed by atoms with Crippen molar-refractivity contribution in [3.63, 3.8) is 0 Å². The summed E-state index contributed by atoms with van der Waals surface area (Å²) < 4.78 is 44.0. The lowest BCUT2D eigenvalue weighted by Crippen LogP contribution is -2.12. The Kier molecular flexibility index (Phi) is 4.04. The summed E-state index contributed by atoms with van der Waals surface area (Å²) in [7, 11) is 0. The maximum absolute atomic E-state index is 13.3. The third-order valence-electron chi connectivity index (χ3n) is 1.69. The molecule has 0 N–H and O–H groups in total. The number of carbonyl (C=O) groups excluding carboxylic acids is 1. The molecule has 0 atom stereocenters. The van der Waals surface area contributed by atoms with Gasteiger partial charge in [0.1, 0.15) is 15.6 Å². The predicted octanol–water partition coefficient (Wildman–Crippen LogP) is 3.59. The standard InChI is InChI=1S/C9H5Cl2F3O2/c1-2-16-9(15)3-6(12)4(10)8(14)5(11)7(3)13/h2H2,1H3. The molecule has 16 heavy (non-hydrogen) atoms. The van der Waals surface area contributed by atoms with E-state index in [9.17, 15) is 18.0 Å². The summed E-state index contributed by atoms with van der Waals surface area (Å²) in [6.45, 7) is 1.35. The monoisotopic (exact) mass is 272 g/mol. The van der Waals surface area contributed by atoms with Crippen LogP contribution in [0.4, 0.5) is 13.2 Å². The molecule has 88 valence electrons. The molecule has 0 aliphatic rings. The van der Waals surface area contributed by atoms with Crippen molar-refractivity contribution in [1.29, 1.82) is 0 Å². The summed E-state index contributed by atoms with van der Waals surface area (Å²) >= 11 is 10.4. The molecular formula is C9H5Cl2F3O2. The number of carbonyl (C=O) groups is 1. The van der Waals surface area contributed by atoms with Gasteiger partial charge in [-0.2, -0.15) is 0 Å². The fourth-order valence-electron chi connectivity index (χ4n) is 0.987. The summed E-state index contributed by atoms with van der Waals surface area (Å²) in [4.78, 5) is 11.2. The summed E-state index contributed by atoms with van der Waals surface area (Å²) in [6.07, 6.45) is 0. The second kappa shape index (κ2) is 4.93. The Labute approximate surface area is 98.9 Å². The SMILES string of the molecule is CCOC(=O)c1c(F)c(Cl)c(F)c(Cl)c1F. The van der Waals surface area contributed by atoms with Crippen molar-refractivity contribution >= 4 is 29.2 Å². The van der Waals surface area contributed by atoms with E-state index in [4.69, 9.17) is 23.2 Å². The van der Waals surface area contributed by atoms with Crippen molar-refractivity contribution in [3.05, 3.63) is 33.1 Å². The van der Waals surface area contributed by atoms with E-state index in [1.54, 1.807) is 0 Å². The molecule has 0 heterocycles. The number of hydrogen-bond donors (Lipinski definition) is 0. The number of halogens is 5. The van der Waals surface area contributed by atoms with E-state index in [1.165, 1.54) is 6.92 Å². The van der Waals surface area contributed by atoms with Crippen molar-refractivity contribution < 1.29 is 22.7 Å². The van der Waals surface area contributed by atoms with E-state index in [0.29, 0.717) is 0 Å². The van der Waals surface area contributed by atoms with Gasteiger partial charge in [0.2, 0.25) is 0 Å². The van der Waals surface area contributed by atoms with Gasteiger partial charge in [-0.15, -0.1) is 0 Å². The lowest BCUT2D eigenvalue weighted by atomic mass is 10.2. The molecule has 0 aromatic heterocycles. The van der Waals surface area contributed by atoms with E-state index in [0.717, 1.165) is 0 Å². The van der Waals surface area contributed by atoms with Crippen LogP contribution in [0.15, 0.2) is 0 Å². The zero-order valence-electron chi connectivity index (χ0n) is 7.91. The molecule has 0 radical (unpaired) electrons. The van der Waals surface area contributed by atoms with Gasteiger partial charge in [0.25, 0.3) is 0 Å². The predicted molar refractivity (Wildman–Crippen MR) is 52.3 cm³/mol. The number of rotatable bonds is 2. The van der Waals surface area contributed by atoms with Gasteiger partial charge in [-0.05, 0) is 6.92 Å². The molecule has 7 heteroatoms. The van der Waals surface area contributed by atoms with Gasteiger partial charge >= 0.3 is 5.97 Å². The lowest BCUT2D eigenvalue weighted by Gasteiger charge is -2.08. The summed E-state index contributed by atoms with van der Waals surface area (Å²) in [5.41, 5.74) is -1.10. The molecule has 0 aliphatic heterocycles. The van der Waals surface area contributed by atoms with E-state index in [-0.39, 0.29) is 6.61 Å². The lowest BCUT2D eigenvalue weighted by molar-refractivity contribution is 0.0515. The molecule has 0 bridgehead atoms. The Morgan fingerprint density at radius 1 is 1.12 bits per heavy atom. The first kappa shape index (κ1) is 13.1. The van der Waals surface area contributed by atoms with E-state index >= 15 is 0 Å². The molecular weight excluding hydrogens is 268 g/mol. The highest BCUT2D eigenvalue weighted by molar-refractivity contribution is 6.35. The number of ether oxygens (including phenoxy) is 1. The van der Waals surface area contributed by atoms with Crippen LogP contribution in [0.3, 0.4) is 0 Å². The average molecular weight is 273 g/mol. The van der Waals surface area contributed by atoms with Gasteiger partial charge in [0.15, 0.2) is 17.5 Å². The summed E-state index contributed by atoms with van der Waals surface area (Å²) in [5.74, 6) is -5.80. The minimum absolute atomic E-state index is 0.0929. The Morgan fingerprint density at radius 3 is 1.94 bits per heavy atom. The number of benzene rings is 1. The highest BCUT2D eigenvalue weighted by Gasteiger charge is 2.28. The first-order valence-electron chi connectivity index (χ1n) is 4.10. The number of hydrogen-bond acceptors (Lipinski definition) is 2. The summed E-state index contributed by atoms with van der Waals surface area (Å²) in [5, 5.41) is -2.09. The Morgan fingerprint density at radius 2 is 1.56 bits per heavy atom. The number of esters is 1. The third kappa shape index (κ3) is 2.10. The van der Waals surface area contributed by atoms with E-state index < -0.39 is 39.0 Å². The molecule has 0 aliphatic carbocycles. The Balaban J connectivity index is 3.45. The zero-order valence-corrected chi connectivity index (χ0v) is 9.43. The second-order valence-corrected chi connectivity index (χ2v) is 3.42. The van der Waals surface area contributed by atoms with E-state index in [2.05, 4.69) is 4.74 Å². The van der Waals surface area contributed by atoms with Crippen LogP contribution in [0.2, 0.25) is 10.0 Å². The average Bonchev–Trinajstić information content (AvgIpc) is 2.24. The first-order chi connectivity index (χ1) is 7.41. The highest BCUT2D eigenvalue weighted by Crippen LogP contribution is 2.32. The minimum atomic E-state index is -1.53. The molecule has 0 saturated carbocycles. The van der Waals surface area contributed by atoms with Crippen LogP contribution in [-0.2, 0) is 4.74 Å². The van der Waals surface area contributed by atoms with Crippen molar-refractivity contribution in [2.45, 2.75) is 6.92 Å². The first-order valence-corrected chi connectivity index (χ1v) is 4.85. The van der Waals surface area contributed by atoms with Crippen LogP contribution in [-0.4, -0.2) is 12.6 Å². The molecule has 0 unspecified atom stereocenters. The van der Waals surface area contributed by atoms with Gasteiger partial charge in [-0.25, -0.2) is 18.0 Å². The molecule has 2 nitrogen and oxygen atoms in total. The third-order valence-corrected chi connectivity index (χ3v) is 2.35. The van der Waals surface area contributed by atoms with Crippen LogP contribution < -0.4 is 0 Å². The van der Waals surface area contributed by atoms with Gasteiger partial charge in [-0.1, -0.05) is 23.2 Å². The van der Waals surface area contributed by atoms with Gasteiger partial charge in [0, 0.05) is 0 Å². The topological polar surface area (TPSA) is 26.3 Å². The van der Waals surface area contributed by atoms with Crippen molar-refractivity contribution in [3.8, 4) is 0 Å². The molecule has 1 aromatic carbocycles. The zero-order chi connectivity index (χ0) is 12.5. The van der Waals surface area contributed by atoms with E-state index in [1.807, 2.05) is 0 Å². The minimum Gasteiger partial charge on any atom is -0.462 e. The maximum Gasteiger partial charge on any atom is 0.344 e. The van der Waals surface area contributed by atoms with Gasteiger partial charge < -0.3 is 4.74 Å². The largest absolute Gasteiger partial charge is 0.462 e. The van der Waals surface area contributed by atoms with Crippen molar-refractivity contribution in [1.82, 2.24) is 0 Å². The second-order valence-electron chi connectivity index (χ2n) is 2.67. The Bertz CT molecular complexity index is 420.